The Hall–Kier alpha value is -0.830. The molecule has 0 aliphatic rings. The third kappa shape index (κ3) is 0.966. The van der Waals surface area contributed by atoms with E-state index >= 15 is 0 Å². The van der Waals surface area contributed by atoms with Gasteiger partial charge in [0.15, 0.2) is 0 Å². The van der Waals surface area contributed by atoms with Crippen molar-refractivity contribution in [2.45, 2.75) is 6.92 Å². The number of hydrogen-bond acceptors (Lipinski definition) is 0. The van der Waals surface area contributed by atoms with E-state index in [1.54, 1.807) is 19.2 Å². The van der Waals surface area contributed by atoms with Gasteiger partial charge < -0.3 is 4.98 Å². The summed E-state index contributed by atoms with van der Waals surface area (Å²) < 4.78 is 14.3. The van der Waals surface area contributed by atoms with Crippen molar-refractivity contribution in [1.29, 1.82) is 0 Å². The van der Waals surface area contributed by atoms with Crippen LogP contribution >= 0.6 is 15.9 Å². The van der Waals surface area contributed by atoms with Gasteiger partial charge in [-0.2, -0.15) is 0 Å². The Bertz CT molecular complexity index is 433. The van der Waals surface area contributed by atoms with Crippen LogP contribution in [-0.2, 0) is 0 Å². The van der Waals surface area contributed by atoms with E-state index in [0.29, 0.717) is 11.1 Å². The number of H-pyrrole nitrogens is 1. The van der Waals surface area contributed by atoms with Gasteiger partial charge in [-0.25, -0.2) is 4.39 Å². The molecule has 1 heterocycles. The standard InChI is InChI=1S/C9H7BrFN/c1-5-2-3-6-7(10)4-12-9(6)8(5)11/h2-4,12H,1H3. The molecule has 0 fully saturated rings. The molecule has 2 rings (SSSR count). The van der Waals surface area contributed by atoms with Crippen molar-refractivity contribution in [3.8, 4) is 0 Å². The van der Waals surface area contributed by atoms with E-state index in [4.69, 9.17) is 0 Å². The van der Waals surface area contributed by atoms with Gasteiger partial charge in [0.05, 0.1) is 5.52 Å². The van der Waals surface area contributed by atoms with Crippen molar-refractivity contribution < 1.29 is 4.39 Å². The molecule has 0 amide bonds. The molecule has 0 spiro atoms. The van der Waals surface area contributed by atoms with Crippen molar-refractivity contribution in [3.63, 3.8) is 0 Å². The fourth-order valence-corrected chi connectivity index (χ4v) is 1.68. The number of fused-ring (bicyclic) bond motifs is 1. The zero-order valence-electron chi connectivity index (χ0n) is 6.49. The topological polar surface area (TPSA) is 15.8 Å². The molecule has 0 aliphatic heterocycles. The van der Waals surface area contributed by atoms with E-state index < -0.39 is 0 Å². The number of halogens is 2. The maximum Gasteiger partial charge on any atom is 0.150 e. The van der Waals surface area contributed by atoms with Gasteiger partial charge in [-0.05, 0) is 28.4 Å². The minimum atomic E-state index is -0.168. The SMILES string of the molecule is Cc1ccc2c(Br)c[nH]c2c1F. The van der Waals surface area contributed by atoms with Gasteiger partial charge >= 0.3 is 0 Å². The van der Waals surface area contributed by atoms with Crippen LogP contribution < -0.4 is 0 Å². The lowest BCUT2D eigenvalue weighted by Gasteiger charge is -1.96. The van der Waals surface area contributed by atoms with Gasteiger partial charge in [-0.3, -0.25) is 0 Å². The van der Waals surface area contributed by atoms with E-state index in [2.05, 4.69) is 20.9 Å². The Morgan fingerprint density at radius 1 is 1.42 bits per heavy atom. The second-order valence-electron chi connectivity index (χ2n) is 2.76. The van der Waals surface area contributed by atoms with Crippen LogP contribution in [0.25, 0.3) is 10.9 Å². The number of nitrogens with one attached hydrogen (secondary N) is 1. The number of hydrogen-bond donors (Lipinski definition) is 1. The smallest absolute Gasteiger partial charge is 0.150 e. The summed E-state index contributed by atoms with van der Waals surface area (Å²) in [5.74, 6) is -0.168. The lowest BCUT2D eigenvalue weighted by molar-refractivity contribution is 0.628. The first-order chi connectivity index (χ1) is 5.70. The summed E-state index contributed by atoms with van der Waals surface area (Å²) >= 11 is 3.33. The van der Waals surface area contributed by atoms with Gasteiger partial charge in [-0.1, -0.05) is 12.1 Å². The van der Waals surface area contributed by atoms with E-state index in [1.807, 2.05) is 6.07 Å². The van der Waals surface area contributed by atoms with E-state index in [0.717, 1.165) is 9.86 Å². The number of aromatic amines is 1. The molecule has 0 atom stereocenters. The van der Waals surface area contributed by atoms with Gasteiger partial charge in [0.2, 0.25) is 0 Å². The highest BCUT2D eigenvalue weighted by atomic mass is 79.9. The van der Waals surface area contributed by atoms with Crippen LogP contribution in [0.5, 0.6) is 0 Å². The van der Waals surface area contributed by atoms with Crippen molar-refractivity contribution in [2.24, 2.45) is 0 Å². The molecule has 0 saturated heterocycles. The summed E-state index contributed by atoms with van der Waals surface area (Å²) in [6, 6.07) is 3.67. The Balaban J connectivity index is 2.93. The Morgan fingerprint density at radius 3 is 2.92 bits per heavy atom. The van der Waals surface area contributed by atoms with Crippen LogP contribution in [0.4, 0.5) is 4.39 Å². The summed E-state index contributed by atoms with van der Waals surface area (Å²) in [4.78, 5) is 2.88. The van der Waals surface area contributed by atoms with Crippen LogP contribution in [0.2, 0.25) is 0 Å². The Morgan fingerprint density at radius 2 is 2.17 bits per heavy atom. The third-order valence-corrected chi connectivity index (χ3v) is 2.59. The highest BCUT2D eigenvalue weighted by Crippen LogP contribution is 2.26. The van der Waals surface area contributed by atoms with E-state index in [9.17, 15) is 4.39 Å². The van der Waals surface area contributed by atoms with Gasteiger partial charge in [-0.15, -0.1) is 0 Å². The van der Waals surface area contributed by atoms with Gasteiger partial charge in [0.25, 0.3) is 0 Å². The Kier molecular flexibility index (Phi) is 1.68. The fraction of sp³-hybridized carbons (Fsp3) is 0.111. The summed E-state index contributed by atoms with van der Waals surface area (Å²) in [6.07, 6.45) is 1.74. The Labute approximate surface area is 77.7 Å². The summed E-state index contributed by atoms with van der Waals surface area (Å²) in [7, 11) is 0. The van der Waals surface area contributed by atoms with E-state index in [-0.39, 0.29) is 5.82 Å². The molecule has 0 saturated carbocycles. The maximum absolute atomic E-state index is 13.4. The molecular formula is C9H7BrFN. The molecule has 0 radical (unpaired) electrons. The van der Waals surface area contributed by atoms with Gasteiger partial charge in [0.1, 0.15) is 5.82 Å². The lowest BCUT2D eigenvalue weighted by atomic mass is 10.2. The van der Waals surface area contributed by atoms with Crippen LogP contribution in [0.3, 0.4) is 0 Å². The van der Waals surface area contributed by atoms with Crippen LogP contribution in [-0.4, -0.2) is 4.98 Å². The fourth-order valence-electron chi connectivity index (χ4n) is 1.23. The minimum Gasteiger partial charge on any atom is -0.358 e. The monoisotopic (exact) mass is 227 g/mol. The van der Waals surface area contributed by atoms with Crippen LogP contribution in [0.1, 0.15) is 5.56 Å². The highest BCUT2D eigenvalue weighted by molar-refractivity contribution is 9.10. The number of rotatable bonds is 0. The predicted octanol–water partition coefficient (Wildman–Crippen LogP) is 3.38. The average Bonchev–Trinajstić information content (AvgIpc) is 2.41. The number of benzene rings is 1. The quantitative estimate of drug-likeness (QED) is 0.711. The molecule has 0 bridgehead atoms. The maximum atomic E-state index is 13.4. The molecule has 1 nitrogen and oxygen atoms in total. The molecule has 12 heavy (non-hydrogen) atoms. The summed E-state index contributed by atoms with van der Waals surface area (Å²) in [5.41, 5.74) is 1.23. The molecule has 2 aromatic rings. The lowest BCUT2D eigenvalue weighted by Crippen LogP contribution is -1.82. The minimum absolute atomic E-state index is 0.168. The molecule has 1 aromatic carbocycles. The summed E-state index contributed by atoms with van der Waals surface area (Å²) in [6.45, 7) is 1.75. The summed E-state index contributed by atoms with van der Waals surface area (Å²) in [5, 5.41) is 0.887. The first kappa shape index (κ1) is 7.80. The average molecular weight is 228 g/mol. The largest absolute Gasteiger partial charge is 0.358 e. The second-order valence-corrected chi connectivity index (χ2v) is 3.61. The van der Waals surface area contributed by atoms with Crippen LogP contribution in [0, 0.1) is 12.7 Å². The predicted molar refractivity (Wildman–Crippen MR) is 50.7 cm³/mol. The zero-order chi connectivity index (χ0) is 8.72. The molecule has 0 unspecified atom stereocenters. The van der Waals surface area contributed by atoms with E-state index in [1.165, 1.54) is 0 Å². The van der Waals surface area contributed by atoms with Crippen LogP contribution in [0.15, 0.2) is 22.8 Å². The number of aromatic nitrogens is 1. The molecule has 3 heteroatoms. The molecular weight excluding hydrogens is 221 g/mol. The zero-order valence-corrected chi connectivity index (χ0v) is 8.07. The van der Waals surface area contributed by atoms with Crippen molar-refractivity contribution in [3.05, 3.63) is 34.2 Å². The van der Waals surface area contributed by atoms with Crippen molar-refractivity contribution >= 4 is 26.8 Å². The molecule has 1 aromatic heterocycles. The highest BCUT2D eigenvalue weighted by Gasteiger charge is 2.07. The first-order valence-electron chi connectivity index (χ1n) is 3.62. The molecule has 0 aliphatic carbocycles. The normalized spacial score (nSPS) is 10.9. The first-order valence-corrected chi connectivity index (χ1v) is 4.41. The van der Waals surface area contributed by atoms with Gasteiger partial charge in [0, 0.05) is 16.1 Å². The second kappa shape index (κ2) is 2.59. The van der Waals surface area contributed by atoms with Crippen molar-refractivity contribution in [1.82, 2.24) is 4.98 Å². The van der Waals surface area contributed by atoms with Crippen molar-refractivity contribution in [2.75, 3.05) is 0 Å². The molecule has 62 valence electrons. The number of aryl methyl sites for hydroxylation is 1. The molecule has 1 N–H and O–H groups in total. The third-order valence-electron chi connectivity index (χ3n) is 1.94.